The van der Waals surface area contributed by atoms with Crippen molar-refractivity contribution in [3.05, 3.63) is 21.1 Å². The first kappa shape index (κ1) is 20.1. The molecule has 2 heterocycles. The van der Waals surface area contributed by atoms with Crippen molar-refractivity contribution >= 4 is 32.9 Å². The van der Waals surface area contributed by atoms with Crippen LogP contribution in [0, 0.1) is 5.92 Å². The number of anilines is 2. The number of aryl methyl sites for hydroxylation is 2. The van der Waals surface area contributed by atoms with Gasteiger partial charge in [0.1, 0.15) is 0 Å². The van der Waals surface area contributed by atoms with Crippen molar-refractivity contribution in [3.8, 4) is 0 Å². The second-order valence-corrected chi connectivity index (χ2v) is 10.5. The molecule has 154 valence electrons. The Morgan fingerprint density at radius 2 is 1.57 bits per heavy atom. The minimum atomic E-state index is 0.530. The first-order chi connectivity index (χ1) is 13.5. The second-order valence-electron chi connectivity index (χ2n) is 8.29. The van der Waals surface area contributed by atoms with Crippen molar-refractivity contribution in [2.45, 2.75) is 76.9 Å². The molecule has 0 saturated heterocycles. The molecular weight excluding hydrogens is 388 g/mol. The topological polar surface area (TPSA) is 102 Å². The molecule has 0 spiro atoms. The van der Waals surface area contributed by atoms with Gasteiger partial charge in [-0.1, -0.05) is 13.8 Å². The fourth-order valence-corrected chi connectivity index (χ4v) is 6.51. The Morgan fingerprint density at radius 1 is 1.00 bits per heavy atom. The van der Waals surface area contributed by atoms with E-state index in [1.54, 1.807) is 22.7 Å². The van der Waals surface area contributed by atoms with Crippen LogP contribution >= 0.6 is 22.7 Å². The van der Waals surface area contributed by atoms with Crippen LogP contribution in [0.1, 0.15) is 54.3 Å². The number of hydrogen-bond acceptors (Lipinski definition) is 8. The number of nitrogens with zero attached hydrogens (tertiary/aromatic N) is 2. The molecule has 0 fully saturated rings. The molecule has 6 nitrogen and oxygen atoms in total. The first-order valence-electron chi connectivity index (χ1n) is 10.5. The number of aromatic nitrogens is 2. The van der Waals surface area contributed by atoms with E-state index in [4.69, 9.17) is 11.5 Å². The van der Waals surface area contributed by atoms with Crippen LogP contribution in [0.25, 0.3) is 0 Å². The van der Waals surface area contributed by atoms with Gasteiger partial charge in [-0.3, -0.25) is 0 Å². The lowest BCUT2D eigenvalue weighted by Crippen LogP contribution is -2.48. The van der Waals surface area contributed by atoms with Crippen molar-refractivity contribution in [2.75, 3.05) is 18.0 Å². The molecule has 0 aromatic carbocycles. The average molecular weight is 421 g/mol. The van der Waals surface area contributed by atoms with Crippen molar-refractivity contribution < 1.29 is 0 Å². The highest BCUT2D eigenvalue weighted by atomic mass is 32.1. The standard InChI is InChI=1S/C20H32N6S2/c1-3-14(24-13-5-7-16-18(9-13)28-20(22)26-16)11(2)10-23-12-4-6-15-17(8-12)27-19(21)25-15/h11-14,23-24H,3-10H2,1-2H3,(H2,21,25)(H2,22,26)/t11?,12-,13?,14?/m1/s1. The number of hydrogen-bond donors (Lipinski definition) is 4. The first-order valence-corrected chi connectivity index (χ1v) is 12.1. The summed E-state index contributed by atoms with van der Waals surface area (Å²) in [6.45, 7) is 5.71. The van der Waals surface area contributed by atoms with E-state index in [1.807, 2.05) is 0 Å². The molecule has 3 unspecified atom stereocenters. The molecule has 0 aliphatic heterocycles. The Bertz CT molecular complexity index is 801. The van der Waals surface area contributed by atoms with Gasteiger partial charge in [0.15, 0.2) is 10.3 Å². The monoisotopic (exact) mass is 420 g/mol. The molecule has 0 bridgehead atoms. The largest absolute Gasteiger partial charge is 0.375 e. The van der Waals surface area contributed by atoms with E-state index in [-0.39, 0.29) is 0 Å². The lowest BCUT2D eigenvalue weighted by molar-refractivity contribution is 0.291. The summed E-state index contributed by atoms with van der Waals surface area (Å²) in [5, 5.41) is 9.18. The van der Waals surface area contributed by atoms with Crippen LogP contribution in [-0.2, 0) is 25.7 Å². The Hall–Kier alpha value is -1.22. The molecule has 6 N–H and O–H groups in total. The number of thiazole rings is 2. The Kier molecular flexibility index (Phi) is 6.20. The third-order valence-corrected chi connectivity index (χ3v) is 8.12. The molecule has 28 heavy (non-hydrogen) atoms. The van der Waals surface area contributed by atoms with Crippen LogP contribution in [0.4, 0.5) is 10.3 Å². The molecule has 2 aromatic rings. The zero-order valence-corrected chi connectivity index (χ0v) is 18.5. The van der Waals surface area contributed by atoms with Crippen molar-refractivity contribution in [2.24, 2.45) is 5.92 Å². The average Bonchev–Trinajstić information content (AvgIpc) is 3.23. The number of fused-ring (bicyclic) bond motifs is 2. The minimum Gasteiger partial charge on any atom is -0.375 e. The maximum absolute atomic E-state index is 5.89. The summed E-state index contributed by atoms with van der Waals surface area (Å²) in [5.41, 5.74) is 14.2. The summed E-state index contributed by atoms with van der Waals surface area (Å²) in [6, 6.07) is 1.62. The van der Waals surface area contributed by atoms with E-state index in [0.717, 1.165) is 51.5 Å². The van der Waals surface area contributed by atoms with Crippen LogP contribution < -0.4 is 22.1 Å². The van der Waals surface area contributed by atoms with Gasteiger partial charge in [0.25, 0.3) is 0 Å². The SMILES string of the molecule is CCC(NC1CCc2nc(N)sc2C1)C(C)CN[C@@H]1CCc2nc(N)sc2C1. The second kappa shape index (κ2) is 8.65. The van der Waals surface area contributed by atoms with Crippen molar-refractivity contribution in [1.29, 1.82) is 0 Å². The highest BCUT2D eigenvalue weighted by Crippen LogP contribution is 2.29. The molecule has 8 heteroatoms. The summed E-state index contributed by atoms with van der Waals surface area (Å²) in [4.78, 5) is 11.7. The predicted molar refractivity (Wildman–Crippen MR) is 119 cm³/mol. The van der Waals surface area contributed by atoms with Crippen LogP contribution in [-0.4, -0.2) is 34.6 Å². The van der Waals surface area contributed by atoms with Crippen molar-refractivity contribution in [1.82, 2.24) is 20.6 Å². The van der Waals surface area contributed by atoms with Gasteiger partial charge >= 0.3 is 0 Å². The Labute approximate surface area is 175 Å². The van der Waals surface area contributed by atoms with Crippen LogP contribution in [0.2, 0.25) is 0 Å². The third kappa shape index (κ3) is 4.50. The third-order valence-electron chi connectivity index (χ3n) is 6.22. The van der Waals surface area contributed by atoms with E-state index >= 15 is 0 Å². The van der Waals surface area contributed by atoms with Gasteiger partial charge in [0, 0.05) is 27.9 Å². The lowest BCUT2D eigenvalue weighted by atomic mass is 9.92. The molecule has 0 radical (unpaired) electrons. The lowest BCUT2D eigenvalue weighted by Gasteiger charge is -2.32. The van der Waals surface area contributed by atoms with Gasteiger partial charge in [0.2, 0.25) is 0 Å². The fraction of sp³-hybridized carbons (Fsp3) is 0.700. The van der Waals surface area contributed by atoms with Gasteiger partial charge in [-0.2, -0.15) is 0 Å². The Balaban J connectivity index is 1.27. The van der Waals surface area contributed by atoms with Gasteiger partial charge in [-0.05, 0) is 57.4 Å². The van der Waals surface area contributed by atoms with Crippen LogP contribution in [0.3, 0.4) is 0 Å². The fourth-order valence-electron chi connectivity index (χ4n) is 4.59. The van der Waals surface area contributed by atoms with Crippen molar-refractivity contribution in [3.63, 3.8) is 0 Å². The van der Waals surface area contributed by atoms with E-state index in [2.05, 4.69) is 34.4 Å². The summed E-state index contributed by atoms with van der Waals surface area (Å²) in [5.74, 6) is 0.589. The zero-order chi connectivity index (χ0) is 19.7. The minimum absolute atomic E-state index is 0.530. The molecule has 4 rings (SSSR count). The summed E-state index contributed by atoms with van der Waals surface area (Å²) in [6.07, 6.45) is 7.70. The molecule has 2 aliphatic rings. The molecule has 0 amide bonds. The van der Waals surface area contributed by atoms with E-state index in [1.165, 1.54) is 21.1 Å². The van der Waals surface area contributed by atoms with Gasteiger partial charge in [0.05, 0.1) is 11.4 Å². The quantitative estimate of drug-likeness (QED) is 0.549. The molecule has 2 aliphatic carbocycles. The number of nitrogen functional groups attached to an aromatic ring is 2. The summed E-state index contributed by atoms with van der Waals surface area (Å²) in [7, 11) is 0. The number of nitrogens with two attached hydrogens (primary N) is 2. The summed E-state index contributed by atoms with van der Waals surface area (Å²) >= 11 is 3.32. The predicted octanol–water partition coefficient (Wildman–Crippen LogP) is 2.77. The molecule has 2 aromatic heterocycles. The Morgan fingerprint density at radius 3 is 2.18 bits per heavy atom. The number of rotatable bonds is 7. The van der Waals surface area contributed by atoms with Crippen LogP contribution in [0.5, 0.6) is 0 Å². The zero-order valence-electron chi connectivity index (χ0n) is 16.8. The van der Waals surface area contributed by atoms with Gasteiger partial charge < -0.3 is 22.1 Å². The number of nitrogens with one attached hydrogen (secondary N) is 2. The van der Waals surface area contributed by atoms with E-state index in [0.29, 0.717) is 34.3 Å². The normalized spacial score (nSPS) is 23.8. The molecule has 0 saturated carbocycles. The van der Waals surface area contributed by atoms with E-state index in [9.17, 15) is 0 Å². The highest BCUT2D eigenvalue weighted by Gasteiger charge is 2.27. The highest BCUT2D eigenvalue weighted by molar-refractivity contribution is 7.15. The summed E-state index contributed by atoms with van der Waals surface area (Å²) < 4.78 is 0. The molecule has 4 atom stereocenters. The maximum atomic E-state index is 5.89. The maximum Gasteiger partial charge on any atom is 0.180 e. The smallest absolute Gasteiger partial charge is 0.180 e. The van der Waals surface area contributed by atoms with Gasteiger partial charge in [-0.15, -0.1) is 22.7 Å². The van der Waals surface area contributed by atoms with Gasteiger partial charge in [-0.25, -0.2) is 9.97 Å². The van der Waals surface area contributed by atoms with E-state index < -0.39 is 0 Å². The van der Waals surface area contributed by atoms with Crippen LogP contribution in [0.15, 0.2) is 0 Å². The molecular formula is C20H32N6S2.